The predicted molar refractivity (Wildman–Crippen MR) is 122 cm³/mol. The molecule has 0 bridgehead atoms. The SMILES string of the molecule is CCCCC(=O)N(CCCC)CC(=O)Nc1cc(C(C)(C)C)nn1-c1ccccc1. The van der Waals surface area contributed by atoms with Gasteiger partial charge in [-0.2, -0.15) is 5.10 Å². The first-order valence-corrected chi connectivity index (χ1v) is 11.0. The molecule has 2 amide bonds. The number of para-hydroxylation sites is 1. The van der Waals surface area contributed by atoms with Crippen molar-refractivity contribution < 1.29 is 9.59 Å². The molecule has 2 rings (SSSR count). The van der Waals surface area contributed by atoms with Crippen molar-refractivity contribution in [2.24, 2.45) is 0 Å². The standard InChI is InChI=1S/C24H36N4O2/c1-6-8-15-23(30)27(16-9-7-2)18-22(29)25-21-17-20(24(3,4)5)26-28(21)19-13-11-10-12-14-19/h10-14,17H,6-9,15-16,18H2,1-5H3,(H,25,29). The maximum absolute atomic E-state index is 12.9. The number of nitrogens with zero attached hydrogens (tertiary/aromatic N) is 3. The van der Waals surface area contributed by atoms with Crippen LogP contribution in [0.4, 0.5) is 5.82 Å². The lowest BCUT2D eigenvalue weighted by Gasteiger charge is -2.22. The van der Waals surface area contributed by atoms with Gasteiger partial charge in [-0.25, -0.2) is 4.68 Å². The third-order valence-corrected chi connectivity index (χ3v) is 4.96. The summed E-state index contributed by atoms with van der Waals surface area (Å²) >= 11 is 0. The number of unbranched alkanes of at least 4 members (excludes halogenated alkanes) is 2. The van der Waals surface area contributed by atoms with Crippen LogP contribution in [-0.4, -0.2) is 39.6 Å². The van der Waals surface area contributed by atoms with Gasteiger partial charge in [0.15, 0.2) is 0 Å². The van der Waals surface area contributed by atoms with Gasteiger partial charge in [0.1, 0.15) is 5.82 Å². The van der Waals surface area contributed by atoms with E-state index < -0.39 is 0 Å². The van der Waals surface area contributed by atoms with Gasteiger partial charge in [-0.1, -0.05) is 65.7 Å². The maximum Gasteiger partial charge on any atom is 0.245 e. The van der Waals surface area contributed by atoms with E-state index in [1.807, 2.05) is 36.4 Å². The van der Waals surface area contributed by atoms with Crippen LogP contribution in [0, 0.1) is 0 Å². The van der Waals surface area contributed by atoms with Crippen molar-refractivity contribution in [3.05, 3.63) is 42.1 Å². The Morgan fingerprint density at radius 1 is 1.07 bits per heavy atom. The van der Waals surface area contributed by atoms with Gasteiger partial charge in [-0.15, -0.1) is 0 Å². The third-order valence-electron chi connectivity index (χ3n) is 4.96. The van der Waals surface area contributed by atoms with Gasteiger partial charge in [-0.05, 0) is 25.0 Å². The summed E-state index contributed by atoms with van der Waals surface area (Å²) in [4.78, 5) is 27.1. The molecule has 6 heteroatoms. The van der Waals surface area contributed by atoms with Crippen LogP contribution in [0.15, 0.2) is 36.4 Å². The maximum atomic E-state index is 12.9. The lowest BCUT2D eigenvalue weighted by atomic mass is 9.92. The number of hydrogen-bond donors (Lipinski definition) is 1. The van der Waals surface area contributed by atoms with E-state index in [2.05, 4.69) is 39.9 Å². The molecular formula is C24H36N4O2. The lowest BCUT2D eigenvalue weighted by molar-refractivity contribution is -0.134. The molecule has 0 aliphatic rings. The van der Waals surface area contributed by atoms with Gasteiger partial charge in [-0.3, -0.25) is 9.59 Å². The van der Waals surface area contributed by atoms with Crippen LogP contribution in [0.1, 0.15) is 72.4 Å². The average Bonchev–Trinajstić information content (AvgIpc) is 3.14. The van der Waals surface area contributed by atoms with Gasteiger partial charge >= 0.3 is 0 Å². The van der Waals surface area contributed by atoms with Gasteiger partial charge in [0, 0.05) is 24.4 Å². The van der Waals surface area contributed by atoms with E-state index >= 15 is 0 Å². The number of amides is 2. The minimum atomic E-state index is -0.200. The van der Waals surface area contributed by atoms with Crippen molar-refractivity contribution in [3.8, 4) is 5.69 Å². The van der Waals surface area contributed by atoms with Crippen molar-refractivity contribution in [1.29, 1.82) is 0 Å². The molecule has 2 aromatic rings. The second-order valence-corrected chi connectivity index (χ2v) is 8.73. The number of carbonyl (C=O) groups excluding carboxylic acids is 2. The Balaban J connectivity index is 2.21. The Labute approximate surface area is 180 Å². The van der Waals surface area contributed by atoms with Crippen molar-refractivity contribution in [3.63, 3.8) is 0 Å². The lowest BCUT2D eigenvalue weighted by Crippen LogP contribution is -2.38. The highest BCUT2D eigenvalue weighted by atomic mass is 16.2. The van der Waals surface area contributed by atoms with Gasteiger partial charge in [0.2, 0.25) is 11.8 Å². The molecule has 6 nitrogen and oxygen atoms in total. The molecule has 1 heterocycles. The van der Waals surface area contributed by atoms with E-state index in [4.69, 9.17) is 5.10 Å². The number of anilines is 1. The smallest absolute Gasteiger partial charge is 0.245 e. The number of rotatable bonds is 10. The van der Waals surface area contributed by atoms with Gasteiger partial charge in [0.25, 0.3) is 0 Å². The van der Waals surface area contributed by atoms with Crippen LogP contribution in [0.2, 0.25) is 0 Å². The van der Waals surface area contributed by atoms with Crippen LogP contribution < -0.4 is 5.32 Å². The monoisotopic (exact) mass is 412 g/mol. The molecule has 0 aliphatic heterocycles. The molecule has 1 aromatic heterocycles. The number of carbonyl (C=O) groups is 2. The van der Waals surface area contributed by atoms with Crippen LogP contribution in [0.3, 0.4) is 0 Å². The highest BCUT2D eigenvalue weighted by molar-refractivity contribution is 5.94. The number of benzene rings is 1. The highest BCUT2D eigenvalue weighted by Crippen LogP contribution is 2.26. The van der Waals surface area contributed by atoms with E-state index in [0.717, 1.165) is 37.1 Å². The molecular weight excluding hydrogens is 376 g/mol. The van der Waals surface area contributed by atoms with Crippen molar-refractivity contribution in [2.75, 3.05) is 18.4 Å². The van der Waals surface area contributed by atoms with Gasteiger partial charge < -0.3 is 10.2 Å². The average molecular weight is 413 g/mol. The summed E-state index contributed by atoms with van der Waals surface area (Å²) in [6.45, 7) is 11.1. The normalized spacial score (nSPS) is 11.4. The second kappa shape index (κ2) is 11.0. The molecule has 1 N–H and O–H groups in total. The topological polar surface area (TPSA) is 67.2 Å². The fourth-order valence-corrected chi connectivity index (χ4v) is 3.09. The fraction of sp³-hybridized carbons (Fsp3) is 0.542. The summed E-state index contributed by atoms with van der Waals surface area (Å²) in [7, 11) is 0. The Morgan fingerprint density at radius 3 is 2.33 bits per heavy atom. The summed E-state index contributed by atoms with van der Waals surface area (Å²) in [6, 6.07) is 11.7. The van der Waals surface area contributed by atoms with Crippen molar-refractivity contribution >= 4 is 17.6 Å². The molecule has 0 aliphatic carbocycles. The molecule has 0 radical (unpaired) electrons. The Morgan fingerprint density at radius 2 is 1.73 bits per heavy atom. The number of aromatic nitrogens is 2. The van der Waals surface area contributed by atoms with Crippen molar-refractivity contribution in [1.82, 2.24) is 14.7 Å². The van der Waals surface area contributed by atoms with E-state index in [0.29, 0.717) is 18.8 Å². The minimum Gasteiger partial charge on any atom is -0.333 e. The summed E-state index contributed by atoms with van der Waals surface area (Å²) in [5.41, 5.74) is 1.62. The first-order chi connectivity index (χ1) is 14.3. The highest BCUT2D eigenvalue weighted by Gasteiger charge is 2.22. The quantitative estimate of drug-likeness (QED) is 0.602. The summed E-state index contributed by atoms with van der Waals surface area (Å²) in [6.07, 6.45) is 4.17. The predicted octanol–water partition coefficient (Wildman–Crippen LogP) is 4.93. The number of hydrogen-bond acceptors (Lipinski definition) is 3. The minimum absolute atomic E-state index is 0.0485. The first-order valence-electron chi connectivity index (χ1n) is 11.0. The number of nitrogens with one attached hydrogen (secondary N) is 1. The van der Waals surface area contributed by atoms with E-state index in [-0.39, 0.29) is 23.8 Å². The van der Waals surface area contributed by atoms with Crippen LogP contribution >= 0.6 is 0 Å². The zero-order chi connectivity index (χ0) is 22.1. The molecule has 0 saturated heterocycles. The fourth-order valence-electron chi connectivity index (χ4n) is 3.09. The van der Waals surface area contributed by atoms with Crippen LogP contribution in [-0.2, 0) is 15.0 Å². The third kappa shape index (κ3) is 6.71. The second-order valence-electron chi connectivity index (χ2n) is 8.73. The Bertz CT molecular complexity index is 821. The molecule has 1 aromatic carbocycles. The molecule has 0 fully saturated rings. The zero-order valence-corrected chi connectivity index (χ0v) is 19.1. The molecule has 0 unspecified atom stereocenters. The Hall–Kier alpha value is -2.63. The molecule has 164 valence electrons. The summed E-state index contributed by atoms with van der Waals surface area (Å²) in [5, 5.41) is 7.72. The van der Waals surface area contributed by atoms with E-state index in [9.17, 15) is 9.59 Å². The summed E-state index contributed by atoms with van der Waals surface area (Å²) < 4.78 is 1.76. The van der Waals surface area contributed by atoms with E-state index in [1.165, 1.54) is 0 Å². The van der Waals surface area contributed by atoms with E-state index in [1.54, 1.807) is 9.58 Å². The van der Waals surface area contributed by atoms with Gasteiger partial charge in [0.05, 0.1) is 17.9 Å². The first kappa shape index (κ1) is 23.6. The van der Waals surface area contributed by atoms with Crippen LogP contribution in [0.5, 0.6) is 0 Å². The van der Waals surface area contributed by atoms with Crippen LogP contribution in [0.25, 0.3) is 5.69 Å². The molecule has 0 atom stereocenters. The zero-order valence-electron chi connectivity index (χ0n) is 19.1. The molecule has 30 heavy (non-hydrogen) atoms. The summed E-state index contributed by atoms with van der Waals surface area (Å²) in [5.74, 6) is 0.466. The Kier molecular flexibility index (Phi) is 8.63. The largest absolute Gasteiger partial charge is 0.333 e. The van der Waals surface area contributed by atoms with Crippen molar-refractivity contribution in [2.45, 2.75) is 72.1 Å². The molecule has 0 saturated carbocycles. The molecule has 0 spiro atoms.